The van der Waals surface area contributed by atoms with Gasteiger partial charge >= 0.3 is 0 Å². The van der Waals surface area contributed by atoms with Crippen LogP contribution in [0.2, 0.25) is 0 Å². The maximum absolute atomic E-state index is 8.73. The van der Waals surface area contributed by atoms with Crippen molar-refractivity contribution < 1.29 is 0 Å². The second-order valence-corrected chi connectivity index (χ2v) is 2.82. The highest BCUT2D eigenvalue weighted by atomic mass is 14.3. The van der Waals surface area contributed by atoms with Crippen LogP contribution in [0.15, 0.2) is 24.8 Å². The van der Waals surface area contributed by atoms with E-state index < -0.39 is 0 Å². The SMILES string of the molecule is C=CC(C)(C#N)CC=CCC. The van der Waals surface area contributed by atoms with Gasteiger partial charge in [0.2, 0.25) is 0 Å². The second kappa shape index (κ2) is 4.73. The van der Waals surface area contributed by atoms with E-state index in [1.165, 1.54) is 0 Å². The fraction of sp³-hybridized carbons (Fsp3) is 0.500. The molecule has 0 aliphatic heterocycles. The first-order chi connectivity index (χ1) is 5.18. The normalized spacial score (nSPS) is 15.7. The fourth-order valence-electron chi connectivity index (χ4n) is 0.669. The predicted molar refractivity (Wildman–Crippen MR) is 48.0 cm³/mol. The minimum Gasteiger partial charge on any atom is -0.197 e. The molecule has 0 amide bonds. The zero-order chi connectivity index (χ0) is 8.74. The summed E-state index contributed by atoms with van der Waals surface area (Å²) < 4.78 is 0. The van der Waals surface area contributed by atoms with Gasteiger partial charge in [-0.25, -0.2) is 0 Å². The number of hydrogen-bond acceptors (Lipinski definition) is 1. The fourth-order valence-corrected chi connectivity index (χ4v) is 0.669. The molecule has 0 aromatic rings. The number of nitrogens with zero attached hydrogens (tertiary/aromatic N) is 1. The van der Waals surface area contributed by atoms with E-state index in [1.54, 1.807) is 6.08 Å². The molecule has 0 rings (SSSR count). The molecule has 0 N–H and O–H groups in total. The van der Waals surface area contributed by atoms with Crippen LogP contribution in [0.4, 0.5) is 0 Å². The summed E-state index contributed by atoms with van der Waals surface area (Å²) >= 11 is 0. The lowest BCUT2D eigenvalue weighted by Gasteiger charge is -2.12. The van der Waals surface area contributed by atoms with Crippen molar-refractivity contribution in [3.63, 3.8) is 0 Å². The molecule has 60 valence electrons. The molecule has 0 bridgehead atoms. The first-order valence-electron chi connectivity index (χ1n) is 3.88. The van der Waals surface area contributed by atoms with Crippen LogP contribution < -0.4 is 0 Å². The Morgan fingerprint density at radius 1 is 1.55 bits per heavy atom. The van der Waals surface area contributed by atoms with Crippen molar-refractivity contribution in [1.29, 1.82) is 5.26 Å². The maximum Gasteiger partial charge on any atom is 0.0757 e. The van der Waals surface area contributed by atoms with Gasteiger partial charge < -0.3 is 0 Å². The molecule has 0 aliphatic carbocycles. The van der Waals surface area contributed by atoms with Gasteiger partial charge in [0.05, 0.1) is 11.5 Å². The van der Waals surface area contributed by atoms with Crippen molar-refractivity contribution in [2.45, 2.75) is 26.7 Å². The van der Waals surface area contributed by atoms with Crippen LogP contribution in [-0.4, -0.2) is 0 Å². The summed E-state index contributed by atoms with van der Waals surface area (Å²) in [5, 5.41) is 8.73. The lowest BCUT2D eigenvalue weighted by atomic mass is 9.89. The van der Waals surface area contributed by atoms with E-state index in [0.29, 0.717) is 0 Å². The van der Waals surface area contributed by atoms with Crippen molar-refractivity contribution in [3.8, 4) is 6.07 Å². The van der Waals surface area contributed by atoms with Crippen LogP contribution in [0.1, 0.15) is 26.7 Å². The van der Waals surface area contributed by atoms with Crippen LogP contribution in [0.3, 0.4) is 0 Å². The summed E-state index contributed by atoms with van der Waals surface area (Å²) in [6.45, 7) is 7.59. The third-order valence-corrected chi connectivity index (χ3v) is 1.65. The van der Waals surface area contributed by atoms with Gasteiger partial charge in [0.25, 0.3) is 0 Å². The van der Waals surface area contributed by atoms with E-state index in [-0.39, 0.29) is 5.41 Å². The molecule has 1 nitrogen and oxygen atoms in total. The van der Waals surface area contributed by atoms with Gasteiger partial charge in [-0.1, -0.05) is 25.2 Å². The van der Waals surface area contributed by atoms with Crippen molar-refractivity contribution in [2.75, 3.05) is 0 Å². The Hall–Kier alpha value is -1.03. The largest absolute Gasteiger partial charge is 0.197 e. The van der Waals surface area contributed by atoms with Crippen molar-refractivity contribution >= 4 is 0 Å². The summed E-state index contributed by atoms with van der Waals surface area (Å²) in [6.07, 6.45) is 7.59. The summed E-state index contributed by atoms with van der Waals surface area (Å²) in [7, 11) is 0. The van der Waals surface area contributed by atoms with E-state index >= 15 is 0 Å². The third-order valence-electron chi connectivity index (χ3n) is 1.65. The van der Waals surface area contributed by atoms with Gasteiger partial charge in [-0.3, -0.25) is 0 Å². The van der Waals surface area contributed by atoms with Crippen molar-refractivity contribution in [1.82, 2.24) is 0 Å². The van der Waals surface area contributed by atoms with Crippen LogP contribution in [0.5, 0.6) is 0 Å². The lowest BCUT2D eigenvalue weighted by molar-refractivity contribution is 0.579. The molecular formula is C10H15N. The number of rotatable bonds is 4. The Kier molecular flexibility index (Phi) is 4.29. The number of hydrogen-bond donors (Lipinski definition) is 0. The molecule has 1 heteroatoms. The van der Waals surface area contributed by atoms with Crippen LogP contribution in [0, 0.1) is 16.7 Å². The van der Waals surface area contributed by atoms with Crippen LogP contribution in [0.25, 0.3) is 0 Å². The first-order valence-corrected chi connectivity index (χ1v) is 3.88. The standard InChI is InChI=1S/C10H15N/c1-4-6-7-8-10(3,5-2)9-11/h5-7H,2,4,8H2,1,3H3. The average molecular weight is 149 g/mol. The van der Waals surface area contributed by atoms with E-state index in [9.17, 15) is 0 Å². The Balaban J connectivity index is 4.01. The molecule has 1 unspecified atom stereocenters. The molecule has 0 aliphatic rings. The molecular weight excluding hydrogens is 134 g/mol. The molecule has 0 aromatic carbocycles. The number of nitriles is 1. The van der Waals surface area contributed by atoms with Gasteiger partial charge in [-0.2, -0.15) is 5.26 Å². The highest BCUT2D eigenvalue weighted by Gasteiger charge is 2.16. The van der Waals surface area contributed by atoms with E-state index in [4.69, 9.17) is 5.26 Å². The Morgan fingerprint density at radius 2 is 2.18 bits per heavy atom. The summed E-state index contributed by atoms with van der Waals surface area (Å²) in [4.78, 5) is 0. The molecule has 0 radical (unpaired) electrons. The van der Waals surface area contributed by atoms with Gasteiger partial charge in [0, 0.05) is 0 Å². The van der Waals surface area contributed by atoms with Crippen LogP contribution in [-0.2, 0) is 0 Å². The monoisotopic (exact) mass is 149 g/mol. The summed E-state index contributed by atoms with van der Waals surface area (Å²) in [5.74, 6) is 0. The van der Waals surface area contributed by atoms with Gasteiger partial charge in [-0.15, -0.1) is 6.58 Å². The minimum atomic E-state index is -0.383. The van der Waals surface area contributed by atoms with Gasteiger partial charge in [-0.05, 0) is 19.8 Å². The van der Waals surface area contributed by atoms with E-state index in [2.05, 4.69) is 25.6 Å². The highest BCUT2D eigenvalue weighted by Crippen LogP contribution is 2.21. The molecule has 0 fully saturated rings. The zero-order valence-electron chi connectivity index (χ0n) is 7.30. The smallest absolute Gasteiger partial charge is 0.0757 e. The Labute approximate surface area is 69.0 Å². The summed E-state index contributed by atoms with van der Waals surface area (Å²) in [5.41, 5.74) is -0.383. The zero-order valence-corrected chi connectivity index (χ0v) is 7.30. The number of allylic oxidation sites excluding steroid dienone is 3. The highest BCUT2D eigenvalue weighted by molar-refractivity contribution is 5.10. The molecule has 11 heavy (non-hydrogen) atoms. The Morgan fingerprint density at radius 3 is 2.55 bits per heavy atom. The molecule has 0 aromatic heterocycles. The third kappa shape index (κ3) is 3.62. The van der Waals surface area contributed by atoms with Gasteiger partial charge in [0.15, 0.2) is 0 Å². The molecule has 0 saturated carbocycles. The van der Waals surface area contributed by atoms with E-state index in [0.717, 1.165) is 12.8 Å². The van der Waals surface area contributed by atoms with E-state index in [1.807, 2.05) is 13.0 Å². The average Bonchev–Trinajstić information content (AvgIpc) is 2.05. The molecule has 1 atom stereocenters. The van der Waals surface area contributed by atoms with Crippen LogP contribution >= 0.6 is 0 Å². The minimum absolute atomic E-state index is 0.383. The maximum atomic E-state index is 8.73. The Bertz CT molecular complexity index is 186. The first kappa shape index (κ1) is 9.97. The molecule has 0 heterocycles. The predicted octanol–water partition coefficient (Wildman–Crippen LogP) is 3.06. The second-order valence-electron chi connectivity index (χ2n) is 2.82. The van der Waals surface area contributed by atoms with Crippen molar-refractivity contribution in [3.05, 3.63) is 24.8 Å². The van der Waals surface area contributed by atoms with Crippen molar-refractivity contribution in [2.24, 2.45) is 5.41 Å². The topological polar surface area (TPSA) is 23.8 Å². The van der Waals surface area contributed by atoms with Gasteiger partial charge in [0.1, 0.15) is 0 Å². The molecule has 0 saturated heterocycles. The molecule has 0 spiro atoms. The quantitative estimate of drug-likeness (QED) is 0.563. The summed E-state index contributed by atoms with van der Waals surface area (Å²) in [6, 6.07) is 2.22. The lowest BCUT2D eigenvalue weighted by Crippen LogP contribution is -2.07.